The van der Waals surface area contributed by atoms with Crippen LogP contribution in [0.25, 0.3) is 11.1 Å². The van der Waals surface area contributed by atoms with Gasteiger partial charge in [0.05, 0.1) is 13.2 Å². The number of carbonyl (C=O) groups excluding carboxylic acids is 2. The number of aryl methyl sites for hydroxylation is 2. The third kappa shape index (κ3) is 4.11. The first-order chi connectivity index (χ1) is 12.6. The van der Waals surface area contributed by atoms with E-state index in [9.17, 15) is 9.59 Å². The van der Waals surface area contributed by atoms with Crippen molar-refractivity contribution in [2.24, 2.45) is 0 Å². The van der Waals surface area contributed by atoms with E-state index < -0.39 is 0 Å². The Kier molecular flexibility index (Phi) is 5.68. The highest BCUT2D eigenvalue weighted by Gasteiger charge is 2.17. The molecule has 1 saturated heterocycles. The maximum Gasteiger partial charge on any atom is 0.260 e. The molecular formula is C21H23NO4. The summed E-state index contributed by atoms with van der Waals surface area (Å²) in [6.07, 6.45) is 0.850. The Morgan fingerprint density at radius 1 is 1.15 bits per heavy atom. The van der Waals surface area contributed by atoms with Crippen LogP contribution in [0.2, 0.25) is 0 Å². The summed E-state index contributed by atoms with van der Waals surface area (Å²) in [6.45, 7) is 6.44. The molecule has 1 amide bonds. The quantitative estimate of drug-likeness (QED) is 0.776. The first-order valence-electron chi connectivity index (χ1n) is 8.73. The van der Waals surface area contributed by atoms with Gasteiger partial charge in [0.25, 0.3) is 5.91 Å². The average Bonchev–Trinajstić information content (AvgIpc) is 2.66. The molecule has 0 spiro atoms. The lowest BCUT2D eigenvalue weighted by atomic mass is 9.94. The van der Waals surface area contributed by atoms with Gasteiger partial charge in [-0.1, -0.05) is 18.2 Å². The Balaban J connectivity index is 1.74. The van der Waals surface area contributed by atoms with Crippen molar-refractivity contribution in [2.45, 2.75) is 13.8 Å². The third-order valence-electron chi connectivity index (χ3n) is 4.54. The number of nitrogens with zero attached hydrogens (tertiary/aromatic N) is 1. The minimum absolute atomic E-state index is 0.0219. The summed E-state index contributed by atoms with van der Waals surface area (Å²) >= 11 is 0. The van der Waals surface area contributed by atoms with E-state index in [1.807, 2.05) is 44.2 Å². The zero-order valence-electron chi connectivity index (χ0n) is 15.2. The summed E-state index contributed by atoms with van der Waals surface area (Å²) in [5.41, 5.74) is 4.82. The SMILES string of the molecule is Cc1cc(OCC(=O)N2CCOCC2)cc(C)c1-c1cccc(C=O)c1. The smallest absolute Gasteiger partial charge is 0.260 e. The molecule has 1 aliphatic rings. The standard InChI is InChI=1S/C21H23NO4/c1-15-10-19(26-14-20(24)22-6-8-25-9-7-22)11-16(2)21(15)18-5-3-4-17(12-18)13-23/h3-5,10-13H,6-9,14H2,1-2H3. The number of amides is 1. The van der Waals surface area contributed by atoms with Crippen LogP contribution in [0.4, 0.5) is 0 Å². The Hall–Kier alpha value is -2.66. The molecule has 0 radical (unpaired) electrons. The lowest BCUT2D eigenvalue weighted by molar-refractivity contribution is -0.137. The van der Waals surface area contributed by atoms with Crippen molar-refractivity contribution in [1.29, 1.82) is 0 Å². The second-order valence-corrected chi connectivity index (χ2v) is 6.46. The van der Waals surface area contributed by atoms with Gasteiger partial charge >= 0.3 is 0 Å². The van der Waals surface area contributed by atoms with Gasteiger partial charge in [0.1, 0.15) is 12.0 Å². The van der Waals surface area contributed by atoms with Crippen LogP contribution in [0, 0.1) is 13.8 Å². The molecule has 0 atom stereocenters. The Morgan fingerprint density at radius 3 is 2.50 bits per heavy atom. The second-order valence-electron chi connectivity index (χ2n) is 6.46. The number of rotatable bonds is 5. The van der Waals surface area contributed by atoms with Crippen molar-refractivity contribution in [3.05, 3.63) is 53.1 Å². The van der Waals surface area contributed by atoms with E-state index in [0.29, 0.717) is 37.6 Å². The normalized spacial score (nSPS) is 14.2. The first kappa shape index (κ1) is 18.1. The maximum absolute atomic E-state index is 12.2. The van der Waals surface area contributed by atoms with E-state index in [4.69, 9.17) is 9.47 Å². The van der Waals surface area contributed by atoms with Gasteiger partial charge in [0.15, 0.2) is 6.61 Å². The predicted molar refractivity (Wildman–Crippen MR) is 99.6 cm³/mol. The molecule has 5 heteroatoms. The average molecular weight is 353 g/mol. The Morgan fingerprint density at radius 2 is 1.85 bits per heavy atom. The van der Waals surface area contributed by atoms with E-state index in [1.54, 1.807) is 11.0 Å². The molecule has 1 aliphatic heterocycles. The zero-order chi connectivity index (χ0) is 18.5. The van der Waals surface area contributed by atoms with Gasteiger partial charge in [-0.05, 0) is 54.3 Å². The van der Waals surface area contributed by atoms with Gasteiger partial charge in [-0.2, -0.15) is 0 Å². The molecule has 1 fully saturated rings. The third-order valence-corrected chi connectivity index (χ3v) is 4.54. The zero-order valence-corrected chi connectivity index (χ0v) is 15.2. The molecule has 5 nitrogen and oxygen atoms in total. The van der Waals surface area contributed by atoms with Crippen LogP contribution in [0.15, 0.2) is 36.4 Å². The molecule has 0 aliphatic carbocycles. The van der Waals surface area contributed by atoms with E-state index in [-0.39, 0.29) is 12.5 Å². The van der Waals surface area contributed by atoms with Crippen LogP contribution < -0.4 is 4.74 Å². The summed E-state index contributed by atoms with van der Waals surface area (Å²) in [5.74, 6) is 0.656. The Bertz CT molecular complexity index is 786. The largest absolute Gasteiger partial charge is 0.484 e. The topological polar surface area (TPSA) is 55.8 Å². The molecule has 0 N–H and O–H groups in total. The number of benzene rings is 2. The van der Waals surface area contributed by atoms with Crippen LogP contribution >= 0.6 is 0 Å². The molecule has 2 aromatic carbocycles. The van der Waals surface area contributed by atoms with Gasteiger partial charge < -0.3 is 14.4 Å². The molecule has 0 aromatic heterocycles. The summed E-state index contributed by atoms with van der Waals surface area (Å²) in [5, 5.41) is 0. The molecule has 26 heavy (non-hydrogen) atoms. The van der Waals surface area contributed by atoms with Crippen LogP contribution in [0.3, 0.4) is 0 Å². The fourth-order valence-electron chi connectivity index (χ4n) is 3.28. The lowest BCUT2D eigenvalue weighted by Gasteiger charge is -2.26. The van der Waals surface area contributed by atoms with Crippen molar-refractivity contribution in [3.63, 3.8) is 0 Å². The fraction of sp³-hybridized carbons (Fsp3) is 0.333. The van der Waals surface area contributed by atoms with Crippen LogP contribution in [-0.4, -0.2) is 50.0 Å². The molecular weight excluding hydrogens is 330 g/mol. The maximum atomic E-state index is 12.2. The van der Waals surface area contributed by atoms with Gasteiger partial charge in [0.2, 0.25) is 0 Å². The van der Waals surface area contributed by atoms with Gasteiger partial charge in [0, 0.05) is 18.7 Å². The number of morpholine rings is 1. The first-order valence-corrected chi connectivity index (χ1v) is 8.73. The van der Waals surface area contributed by atoms with E-state index in [2.05, 4.69) is 0 Å². The summed E-state index contributed by atoms with van der Waals surface area (Å²) in [6, 6.07) is 11.4. The molecule has 0 saturated carbocycles. The molecule has 0 unspecified atom stereocenters. The minimum atomic E-state index is -0.0219. The van der Waals surface area contributed by atoms with E-state index >= 15 is 0 Å². The highest BCUT2D eigenvalue weighted by molar-refractivity contribution is 5.81. The van der Waals surface area contributed by atoms with Crippen LogP contribution in [0.5, 0.6) is 5.75 Å². The fourth-order valence-corrected chi connectivity index (χ4v) is 3.28. The molecule has 0 bridgehead atoms. The van der Waals surface area contributed by atoms with E-state index in [0.717, 1.165) is 28.5 Å². The van der Waals surface area contributed by atoms with Gasteiger partial charge in [-0.15, -0.1) is 0 Å². The molecule has 3 rings (SSSR count). The molecule has 2 aromatic rings. The van der Waals surface area contributed by atoms with Crippen LogP contribution in [0.1, 0.15) is 21.5 Å². The van der Waals surface area contributed by atoms with Crippen molar-refractivity contribution < 1.29 is 19.1 Å². The lowest BCUT2D eigenvalue weighted by Crippen LogP contribution is -2.42. The predicted octanol–water partition coefficient (Wildman–Crippen LogP) is 3.02. The molecule has 1 heterocycles. The number of carbonyl (C=O) groups is 2. The van der Waals surface area contributed by atoms with Crippen molar-refractivity contribution in [3.8, 4) is 16.9 Å². The van der Waals surface area contributed by atoms with Crippen molar-refractivity contribution in [2.75, 3.05) is 32.9 Å². The summed E-state index contributed by atoms with van der Waals surface area (Å²) < 4.78 is 11.0. The highest BCUT2D eigenvalue weighted by atomic mass is 16.5. The summed E-state index contributed by atoms with van der Waals surface area (Å²) in [4.78, 5) is 25.0. The Labute approximate surface area is 153 Å². The van der Waals surface area contributed by atoms with Crippen LogP contribution in [-0.2, 0) is 9.53 Å². The van der Waals surface area contributed by atoms with Gasteiger partial charge in [-0.25, -0.2) is 0 Å². The number of hydrogen-bond acceptors (Lipinski definition) is 4. The minimum Gasteiger partial charge on any atom is -0.484 e. The number of aldehydes is 1. The van der Waals surface area contributed by atoms with Crippen molar-refractivity contribution in [1.82, 2.24) is 4.90 Å². The highest BCUT2D eigenvalue weighted by Crippen LogP contribution is 2.31. The van der Waals surface area contributed by atoms with Crippen molar-refractivity contribution >= 4 is 12.2 Å². The monoisotopic (exact) mass is 353 g/mol. The van der Waals surface area contributed by atoms with Gasteiger partial charge in [-0.3, -0.25) is 9.59 Å². The second kappa shape index (κ2) is 8.15. The molecule has 136 valence electrons. The summed E-state index contributed by atoms with van der Waals surface area (Å²) in [7, 11) is 0. The van der Waals surface area contributed by atoms with E-state index in [1.165, 1.54) is 0 Å². The number of ether oxygens (including phenoxy) is 2. The number of hydrogen-bond donors (Lipinski definition) is 0.